The van der Waals surface area contributed by atoms with Crippen molar-refractivity contribution >= 4 is 36.3 Å². The fraction of sp³-hybridized carbons (Fsp3) is 0.438. The number of aromatic nitrogens is 3. The standard InChI is InChI=1S/C16H22N6.2ClH/c1-11-9-18-3-2-14(11)19-4-5-20-16-8-15(21-10-22-16)12-6-13(17)7-12;;/h2-3,8-10,12-13H,4-7,17H2,1H3,(H,18,19)(H,20,21,22);2*1H. The molecule has 1 aliphatic carbocycles. The summed E-state index contributed by atoms with van der Waals surface area (Å²) in [5, 5.41) is 6.71. The van der Waals surface area contributed by atoms with Crippen molar-refractivity contribution in [2.45, 2.75) is 31.7 Å². The Morgan fingerprint density at radius 3 is 2.62 bits per heavy atom. The summed E-state index contributed by atoms with van der Waals surface area (Å²) in [5.74, 6) is 1.37. The molecule has 3 rings (SSSR count). The topological polar surface area (TPSA) is 88.8 Å². The van der Waals surface area contributed by atoms with E-state index in [0.717, 1.165) is 48.7 Å². The molecule has 132 valence electrons. The molecular formula is C16H24Cl2N6. The maximum absolute atomic E-state index is 5.84. The lowest BCUT2D eigenvalue weighted by Crippen LogP contribution is -2.35. The van der Waals surface area contributed by atoms with Crippen LogP contribution in [0.25, 0.3) is 0 Å². The van der Waals surface area contributed by atoms with Crippen molar-refractivity contribution in [2.24, 2.45) is 5.73 Å². The Hall–Kier alpha value is -1.63. The third-order valence-electron chi connectivity index (χ3n) is 4.05. The molecule has 0 aromatic carbocycles. The lowest BCUT2D eigenvalue weighted by molar-refractivity contribution is 0.345. The highest BCUT2D eigenvalue weighted by Crippen LogP contribution is 2.34. The summed E-state index contributed by atoms with van der Waals surface area (Å²) in [5.41, 5.74) is 9.19. The number of anilines is 2. The van der Waals surface area contributed by atoms with E-state index in [1.807, 2.05) is 25.3 Å². The molecule has 8 heteroatoms. The molecule has 0 spiro atoms. The first-order valence-corrected chi connectivity index (χ1v) is 7.68. The summed E-state index contributed by atoms with van der Waals surface area (Å²) in [6.07, 6.45) is 7.33. The minimum atomic E-state index is 0. The number of hydrogen-bond donors (Lipinski definition) is 3. The molecular weight excluding hydrogens is 347 g/mol. The van der Waals surface area contributed by atoms with E-state index < -0.39 is 0 Å². The Bertz CT molecular complexity index is 633. The number of hydrogen-bond acceptors (Lipinski definition) is 6. The molecule has 0 aliphatic heterocycles. The Morgan fingerprint density at radius 2 is 1.92 bits per heavy atom. The van der Waals surface area contributed by atoms with Gasteiger partial charge in [0.05, 0.1) is 0 Å². The molecule has 24 heavy (non-hydrogen) atoms. The highest BCUT2D eigenvalue weighted by atomic mass is 35.5. The predicted octanol–water partition coefficient (Wildman–Crippen LogP) is 2.75. The highest BCUT2D eigenvalue weighted by Gasteiger charge is 2.28. The number of halogens is 2. The first-order valence-electron chi connectivity index (χ1n) is 7.68. The third kappa shape index (κ3) is 5.19. The van der Waals surface area contributed by atoms with Gasteiger partial charge in [-0.05, 0) is 31.4 Å². The van der Waals surface area contributed by atoms with E-state index in [0.29, 0.717) is 12.0 Å². The fourth-order valence-electron chi connectivity index (χ4n) is 2.66. The molecule has 6 nitrogen and oxygen atoms in total. The SMILES string of the molecule is Cc1cnccc1NCCNc1cc(C2CC(N)C2)ncn1.Cl.Cl. The van der Waals surface area contributed by atoms with Gasteiger partial charge in [-0.25, -0.2) is 9.97 Å². The van der Waals surface area contributed by atoms with Gasteiger partial charge in [0.15, 0.2) is 0 Å². The van der Waals surface area contributed by atoms with Crippen LogP contribution in [0.3, 0.4) is 0 Å². The van der Waals surface area contributed by atoms with E-state index in [9.17, 15) is 0 Å². The zero-order valence-electron chi connectivity index (χ0n) is 13.6. The molecule has 0 bridgehead atoms. The van der Waals surface area contributed by atoms with Crippen molar-refractivity contribution < 1.29 is 0 Å². The average Bonchev–Trinajstić information content (AvgIpc) is 2.50. The maximum atomic E-state index is 5.84. The van der Waals surface area contributed by atoms with Crippen LogP contribution in [0.2, 0.25) is 0 Å². The van der Waals surface area contributed by atoms with Gasteiger partial charge in [0.2, 0.25) is 0 Å². The van der Waals surface area contributed by atoms with Crippen LogP contribution in [0.5, 0.6) is 0 Å². The second-order valence-electron chi connectivity index (χ2n) is 5.80. The average molecular weight is 371 g/mol. The Balaban J connectivity index is 0.00000144. The van der Waals surface area contributed by atoms with E-state index in [2.05, 4.69) is 25.6 Å². The fourth-order valence-corrected chi connectivity index (χ4v) is 2.66. The van der Waals surface area contributed by atoms with Crippen LogP contribution in [0.4, 0.5) is 11.5 Å². The van der Waals surface area contributed by atoms with Crippen molar-refractivity contribution in [1.82, 2.24) is 15.0 Å². The van der Waals surface area contributed by atoms with Gasteiger partial charge in [0, 0.05) is 54.9 Å². The van der Waals surface area contributed by atoms with Gasteiger partial charge in [0.1, 0.15) is 12.1 Å². The van der Waals surface area contributed by atoms with Crippen LogP contribution in [-0.2, 0) is 0 Å². The molecule has 2 aromatic rings. The first-order chi connectivity index (χ1) is 10.7. The summed E-state index contributed by atoms with van der Waals surface area (Å²) in [6, 6.07) is 4.36. The first kappa shape index (κ1) is 20.4. The zero-order chi connectivity index (χ0) is 15.4. The second kappa shape index (κ2) is 9.61. The number of rotatable bonds is 6. The molecule has 1 aliphatic rings. The number of nitrogens with zero attached hydrogens (tertiary/aromatic N) is 3. The van der Waals surface area contributed by atoms with Gasteiger partial charge in [-0.2, -0.15) is 0 Å². The molecule has 0 unspecified atom stereocenters. The zero-order valence-corrected chi connectivity index (χ0v) is 15.2. The third-order valence-corrected chi connectivity index (χ3v) is 4.05. The monoisotopic (exact) mass is 370 g/mol. The van der Waals surface area contributed by atoms with Gasteiger partial charge in [-0.15, -0.1) is 24.8 Å². The minimum Gasteiger partial charge on any atom is -0.383 e. The van der Waals surface area contributed by atoms with Crippen molar-refractivity contribution in [3.05, 3.63) is 42.1 Å². The molecule has 0 saturated heterocycles. The number of aryl methyl sites for hydroxylation is 1. The van der Waals surface area contributed by atoms with Gasteiger partial charge in [-0.3, -0.25) is 4.98 Å². The Morgan fingerprint density at radius 1 is 1.17 bits per heavy atom. The number of nitrogens with one attached hydrogen (secondary N) is 2. The molecule has 1 fully saturated rings. The molecule has 1 saturated carbocycles. The number of nitrogens with two attached hydrogens (primary N) is 1. The molecule has 0 atom stereocenters. The van der Waals surface area contributed by atoms with Crippen molar-refractivity contribution in [1.29, 1.82) is 0 Å². The quantitative estimate of drug-likeness (QED) is 0.677. The lowest BCUT2D eigenvalue weighted by atomic mass is 9.79. The maximum Gasteiger partial charge on any atom is 0.129 e. The summed E-state index contributed by atoms with van der Waals surface area (Å²) in [6.45, 7) is 3.66. The van der Waals surface area contributed by atoms with Crippen molar-refractivity contribution in [3.63, 3.8) is 0 Å². The van der Waals surface area contributed by atoms with E-state index in [1.54, 1.807) is 12.5 Å². The Labute approximate surface area is 154 Å². The van der Waals surface area contributed by atoms with Crippen LogP contribution in [0.15, 0.2) is 30.9 Å². The smallest absolute Gasteiger partial charge is 0.129 e. The van der Waals surface area contributed by atoms with Crippen LogP contribution >= 0.6 is 24.8 Å². The largest absolute Gasteiger partial charge is 0.383 e. The molecule has 2 heterocycles. The van der Waals surface area contributed by atoms with Crippen LogP contribution in [0.1, 0.15) is 30.0 Å². The van der Waals surface area contributed by atoms with Crippen LogP contribution < -0.4 is 16.4 Å². The molecule has 0 radical (unpaired) electrons. The summed E-state index contributed by atoms with van der Waals surface area (Å²) >= 11 is 0. The second-order valence-corrected chi connectivity index (χ2v) is 5.80. The van der Waals surface area contributed by atoms with E-state index >= 15 is 0 Å². The molecule has 4 N–H and O–H groups in total. The molecule has 0 amide bonds. The van der Waals surface area contributed by atoms with Crippen LogP contribution in [-0.4, -0.2) is 34.1 Å². The summed E-state index contributed by atoms with van der Waals surface area (Å²) in [4.78, 5) is 12.7. The Kier molecular flexibility index (Phi) is 8.18. The van der Waals surface area contributed by atoms with E-state index in [-0.39, 0.29) is 24.8 Å². The number of pyridine rings is 1. The summed E-state index contributed by atoms with van der Waals surface area (Å²) < 4.78 is 0. The van der Waals surface area contributed by atoms with Gasteiger partial charge in [-0.1, -0.05) is 0 Å². The van der Waals surface area contributed by atoms with Gasteiger partial charge < -0.3 is 16.4 Å². The minimum absolute atomic E-state index is 0. The van der Waals surface area contributed by atoms with E-state index in [1.165, 1.54) is 0 Å². The molecule has 2 aromatic heterocycles. The normalized spacial score (nSPS) is 18.6. The highest BCUT2D eigenvalue weighted by molar-refractivity contribution is 5.85. The van der Waals surface area contributed by atoms with E-state index in [4.69, 9.17) is 5.73 Å². The van der Waals surface area contributed by atoms with Crippen molar-refractivity contribution in [2.75, 3.05) is 23.7 Å². The predicted molar refractivity (Wildman–Crippen MR) is 102 cm³/mol. The lowest BCUT2D eigenvalue weighted by Gasteiger charge is -2.31. The summed E-state index contributed by atoms with van der Waals surface area (Å²) in [7, 11) is 0. The van der Waals surface area contributed by atoms with Crippen LogP contribution in [0, 0.1) is 6.92 Å². The van der Waals surface area contributed by atoms with Gasteiger partial charge in [0.25, 0.3) is 0 Å². The van der Waals surface area contributed by atoms with Gasteiger partial charge >= 0.3 is 0 Å². The van der Waals surface area contributed by atoms with Crippen molar-refractivity contribution in [3.8, 4) is 0 Å².